The number of aromatic amines is 1. The molecular formula is C34H27ClN4O3. The van der Waals surface area contributed by atoms with Gasteiger partial charge in [0.15, 0.2) is 0 Å². The lowest BCUT2D eigenvalue weighted by Gasteiger charge is -2.36. The molecule has 4 amide bonds. The first kappa shape index (κ1) is 26.0. The van der Waals surface area contributed by atoms with Gasteiger partial charge in [0.2, 0.25) is 0 Å². The number of imide groups is 1. The summed E-state index contributed by atoms with van der Waals surface area (Å²) in [6.45, 7) is 2.29. The van der Waals surface area contributed by atoms with E-state index in [2.05, 4.69) is 10.3 Å². The van der Waals surface area contributed by atoms with Gasteiger partial charge in [0.05, 0.1) is 11.3 Å². The van der Waals surface area contributed by atoms with Crippen molar-refractivity contribution in [2.75, 3.05) is 4.90 Å². The first-order valence-corrected chi connectivity index (χ1v) is 14.2. The lowest BCUT2D eigenvalue weighted by atomic mass is 9.88. The number of carbonyl (C=O) groups is 3. The topological polar surface area (TPSA) is 85.5 Å². The number of rotatable bonds is 5. The average molecular weight is 575 g/mol. The smallest absolute Gasteiger partial charge is 0.332 e. The molecule has 1 saturated heterocycles. The van der Waals surface area contributed by atoms with Crippen molar-refractivity contribution in [3.05, 3.63) is 136 Å². The minimum Gasteiger partial charge on any atom is -0.356 e. The molecule has 5 aromatic rings. The summed E-state index contributed by atoms with van der Waals surface area (Å²) < 4.78 is 0. The Bertz CT molecular complexity index is 1860. The maximum Gasteiger partial charge on any atom is 0.332 e. The third-order valence-corrected chi connectivity index (χ3v) is 8.45. The summed E-state index contributed by atoms with van der Waals surface area (Å²) in [6, 6.07) is 28.4. The second kappa shape index (κ2) is 10.2. The maximum atomic E-state index is 14.3. The van der Waals surface area contributed by atoms with Gasteiger partial charge in [0.25, 0.3) is 11.8 Å². The number of aryl methyl sites for hydroxylation is 1. The predicted molar refractivity (Wildman–Crippen MR) is 163 cm³/mol. The van der Waals surface area contributed by atoms with E-state index in [0.29, 0.717) is 11.4 Å². The molecule has 0 radical (unpaired) electrons. The summed E-state index contributed by atoms with van der Waals surface area (Å²) in [5.74, 6) is -0.719. The molecule has 0 spiro atoms. The zero-order valence-corrected chi connectivity index (χ0v) is 23.6. The molecule has 7 rings (SSSR count). The van der Waals surface area contributed by atoms with Gasteiger partial charge in [-0.2, -0.15) is 0 Å². The Balaban J connectivity index is 1.27. The van der Waals surface area contributed by atoms with Gasteiger partial charge >= 0.3 is 6.03 Å². The number of amides is 4. The van der Waals surface area contributed by atoms with Crippen LogP contribution in [0.2, 0.25) is 5.02 Å². The largest absolute Gasteiger partial charge is 0.356 e. The van der Waals surface area contributed by atoms with E-state index >= 15 is 0 Å². The number of carbonyl (C=O) groups excluding carboxylic acids is 3. The van der Waals surface area contributed by atoms with Crippen LogP contribution in [-0.2, 0) is 17.8 Å². The fraction of sp³-hybridized carbons (Fsp3) is 0.147. The number of H-pyrrole nitrogens is 1. The second-order valence-electron chi connectivity index (χ2n) is 10.8. The number of urea groups is 1. The molecule has 2 aliphatic rings. The summed E-state index contributed by atoms with van der Waals surface area (Å²) in [7, 11) is 0. The normalized spacial score (nSPS) is 17.9. The number of nitrogens with one attached hydrogen (secondary N) is 2. The molecule has 1 fully saturated rings. The molecule has 42 heavy (non-hydrogen) atoms. The molecule has 2 aliphatic heterocycles. The Kier molecular flexibility index (Phi) is 6.32. The van der Waals surface area contributed by atoms with Gasteiger partial charge < -0.3 is 10.3 Å². The zero-order chi connectivity index (χ0) is 29.0. The molecule has 8 heteroatoms. The molecule has 0 aliphatic carbocycles. The highest BCUT2D eigenvalue weighted by atomic mass is 35.5. The van der Waals surface area contributed by atoms with Crippen LogP contribution in [0.1, 0.15) is 44.3 Å². The minimum atomic E-state index is -0.708. The Morgan fingerprint density at radius 1 is 0.929 bits per heavy atom. The summed E-state index contributed by atoms with van der Waals surface area (Å²) in [4.78, 5) is 48.2. The number of halogens is 1. The van der Waals surface area contributed by atoms with E-state index in [1.54, 1.807) is 41.3 Å². The Morgan fingerprint density at radius 3 is 2.43 bits per heavy atom. The lowest BCUT2D eigenvalue weighted by molar-refractivity contribution is -0.120. The molecule has 7 nitrogen and oxygen atoms in total. The van der Waals surface area contributed by atoms with E-state index in [0.717, 1.165) is 38.9 Å². The van der Waals surface area contributed by atoms with Gasteiger partial charge in [-0.3, -0.25) is 14.5 Å². The van der Waals surface area contributed by atoms with E-state index in [1.165, 1.54) is 4.90 Å². The summed E-state index contributed by atoms with van der Waals surface area (Å²) in [6.07, 6.45) is 0.383. The van der Waals surface area contributed by atoms with Gasteiger partial charge in [0, 0.05) is 34.6 Å². The molecule has 0 unspecified atom stereocenters. The zero-order valence-electron chi connectivity index (χ0n) is 22.8. The number of hydrogen-bond acceptors (Lipinski definition) is 3. The minimum absolute atomic E-state index is 0.254. The van der Waals surface area contributed by atoms with Crippen LogP contribution < -0.4 is 10.2 Å². The van der Waals surface area contributed by atoms with Crippen LogP contribution in [0.4, 0.5) is 10.5 Å². The van der Waals surface area contributed by atoms with E-state index in [9.17, 15) is 14.4 Å². The van der Waals surface area contributed by atoms with Crippen molar-refractivity contribution in [1.82, 2.24) is 15.2 Å². The van der Waals surface area contributed by atoms with Crippen LogP contribution in [0.3, 0.4) is 0 Å². The van der Waals surface area contributed by atoms with Crippen molar-refractivity contribution in [2.24, 2.45) is 0 Å². The fourth-order valence-corrected chi connectivity index (χ4v) is 6.26. The number of fused-ring (bicyclic) bond motifs is 4. The molecule has 0 bridgehead atoms. The number of para-hydroxylation sites is 2. The second-order valence-corrected chi connectivity index (χ2v) is 11.2. The third-order valence-electron chi connectivity index (χ3n) is 8.20. The van der Waals surface area contributed by atoms with E-state index < -0.39 is 18.1 Å². The maximum absolute atomic E-state index is 14.3. The molecule has 1 aromatic heterocycles. The van der Waals surface area contributed by atoms with Crippen molar-refractivity contribution in [2.45, 2.75) is 32.0 Å². The molecular weight excluding hydrogens is 548 g/mol. The predicted octanol–water partition coefficient (Wildman–Crippen LogP) is 6.54. The SMILES string of the molecule is Cc1ccc([C@@H]2c3[nH]c4ccccc4c3C[C@H]3C(=O)N(c4ccccc4C(=O)NCc4ccc(Cl)cc4)C(=O)N23)cc1. The molecule has 208 valence electrons. The standard InChI is InChI=1S/C34H27ClN4O3/c1-20-10-14-22(15-11-20)31-30-26(24-6-2-4-8-27(24)37-30)18-29-33(41)39(34(42)38(29)31)28-9-5-3-7-25(28)32(40)36-19-21-12-16-23(35)17-13-21/h2-17,29,31,37H,18-19H2,1H3,(H,36,40)/t29-,31+/m0/s1. The fourth-order valence-electron chi connectivity index (χ4n) is 6.13. The van der Waals surface area contributed by atoms with E-state index in [4.69, 9.17) is 11.6 Å². The highest BCUT2D eigenvalue weighted by Crippen LogP contribution is 2.45. The van der Waals surface area contributed by atoms with Gasteiger partial charge in [-0.1, -0.05) is 83.9 Å². The van der Waals surface area contributed by atoms with Crippen molar-refractivity contribution in [1.29, 1.82) is 0 Å². The number of hydrogen-bond donors (Lipinski definition) is 2. The average Bonchev–Trinajstić information content (AvgIpc) is 3.50. The number of benzene rings is 4. The van der Waals surface area contributed by atoms with E-state index in [-0.39, 0.29) is 29.6 Å². The van der Waals surface area contributed by atoms with Crippen LogP contribution in [0.5, 0.6) is 0 Å². The Hall–Kier alpha value is -4.88. The van der Waals surface area contributed by atoms with Gasteiger partial charge in [-0.05, 0) is 53.9 Å². The van der Waals surface area contributed by atoms with Crippen LogP contribution in [0.25, 0.3) is 10.9 Å². The molecule has 3 heterocycles. The first-order chi connectivity index (χ1) is 20.4. The van der Waals surface area contributed by atoms with Crippen molar-refractivity contribution in [3.63, 3.8) is 0 Å². The molecule has 4 aromatic carbocycles. The number of nitrogens with zero attached hydrogens (tertiary/aromatic N) is 2. The monoisotopic (exact) mass is 574 g/mol. The third kappa shape index (κ3) is 4.25. The van der Waals surface area contributed by atoms with E-state index in [1.807, 2.05) is 67.6 Å². The van der Waals surface area contributed by atoms with Crippen molar-refractivity contribution >= 4 is 46.0 Å². The summed E-state index contributed by atoms with van der Waals surface area (Å²) >= 11 is 5.99. The quantitative estimate of drug-likeness (QED) is 0.234. The Morgan fingerprint density at radius 2 is 1.64 bits per heavy atom. The highest BCUT2D eigenvalue weighted by Gasteiger charge is 2.53. The van der Waals surface area contributed by atoms with Crippen molar-refractivity contribution < 1.29 is 14.4 Å². The Labute approximate surface area is 247 Å². The summed E-state index contributed by atoms with van der Waals surface area (Å²) in [5, 5.41) is 4.57. The van der Waals surface area contributed by atoms with Crippen LogP contribution in [-0.4, -0.2) is 33.8 Å². The molecule has 2 N–H and O–H groups in total. The van der Waals surface area contributed by atoms with Crippen LogP contribution in [0, 0.1) is 6.92 Å². The van der Waals surface area contributed by atoms with Crippen LogP contribution >= 0.6 is 11.6 Å². The number of anilines is 1. The highest BCUT2D eigenvalue weighted by molar-refractivity contribution is 6.30. The van der Waals surface area contributed by atoms with Crippen molar-refractivity contribution in [3.8, 4) is 0 Å². The van der Waals surface area contributed by atoms with Gasteiger partial charge in [-0.15, -0.1) is 0 Å². The lowest BCUT2D eigenvalue weighted by Crippen LogP contribution is -2.44. The number of aromatic nitrogens is 1. The van der Waals surface area contributed by atoms with Gasteiger partial charge in [0.1, 0.15) is 12.1 Å². The first-order valence-electron chi connectivity index (χ1n) is 13.8. The van der Waals surface area contributed by atoms with Gasteiger partial charge in [-0.25, -0.2) is 9.69 Å². The molecule has 2 atom stereocenters. The molecule has 0 saturated carbocycles. The summed E-state index contributed by atoms with van der Waals surface area (Å²) in [5.41, 5.74) is 6.34. The van der Waals surface area contributed by atoms with Crippen LogP contribution in [0.15, 0.2) is 97.1 Å².